The third kappa shape index (κ3) is 2.63. The first kappa shape index (κ1) is 16.0. The van der Waals surface area contributed by atoms with Crippen molar-refractivity contribution < 1.29 is 0 Å². The molecular weight excluding hydrogens is 364 g/mol. The van der Waals surface area contributed by atoms with Gasteiger partial charge in [0.25, 0.3) is 0 Å². The van der Waals surface area contributed by atoms with E-state index in [4.69, 9.17) is 11.6 Å². The molecule has 0 bridgehead atoms. The summed E-state index contributed by atoms with van der Waals surface area (Å²) in [6, 6.07) is 10.1. The van der Waals surface area contributed by atoms with E-state index in [1.54, 1.807) is 11.3 Å². The smallest absolute Gasteiger partial charge is 0.225 e. The number of rotatable bonds is 2. The number of pyridine rings is 1. The molecule has 1 aromatic carbocycles. The number of thiophene rings is 1. The van der Waals surface area contributed by atoms with Gasteiger partial charge in [0.05, 0.1) is 16.6 Å². The van der Waals surface area contributed by atoms with E-state index >= 15 is 0 Å². The van der Waals surface area contributed by atoms with Crippen molar-refractivity contribution in [1.82, 2.24) is 15.0 Å². The van der Waals surface area contributed by atoms with Gasteiger partial charge in [0, 0.05) is 16.5 Å². The van der Waals surface area contributed by atoms with Crippen molar-refractivity contribution in [2.45, 2.75) is 26.2 Å². The molecule has 6 heteroatoms. The number of halogens is 1. The molecule has 26 heavy (non-hydrogen) atoms. The summed E-state index contributed by atoms with van der Waals surface area (Å²) in [6.45, 7) is 2.31. The fourth-order valence-corrected chi connectivity index (χ4v) is 5.34. The largest absolute Gasteiger partial charge is 0.338 e. The lowest BCUT2D eigenvalue weighted by atomic mass is 9.89. The van der Waals surface area contributed by atoms with Gasteiger partial charge in [0.1, 0.15) is 10.6 Å². The van der Waals surface area contributed by atoms with E-state index < -0.39 is 0 Å². The molecule has 5 rings (SSSR count). The molecule has 1 atom stereocenters. The summed E-state index contributed by atoms with van der Waals surface area (Å²) in [4.78, 5) is 15.9. The number of fused-ring (bicyclic) bond motifs is 4. The molecule has 0 amide bonds. The molecule has 130 valence electrons. The van der Waals surface area contributed by atoms with E-state index in [1.165, 1.54) is 16.9 Å². The highest BCUT2D eigenvalue weighted by Gasteiger charge is 2.24. The van der Waals surface area contributed by atoms with E-state index in [2.05, 4.69) is 39.3 Å². The SMILES string of the molecule is CC1CCc2c(sc3nc(Cl)nc(Nc4cccc5cccnc45)c23)C1. The van der Waals surface area contributed by atoms with E-state index in [9.17, 15) is 0 Å². The molecule has 3 heterocycles. The highest BCUT2D eigenvalue weighted by Crippen LogP contribution is 2.41. The van der Waals surface area contributed by atoms with Gasteiger partial charge in [-0.1, -0.05) is 25.1 Å². The molecule has 1 aliphatic carbocycles. The van der Waals surface area contributed by atoms with Crippen LogP contribution in [0.5, 0.6) is 0 Å². The van der Waals surface area contributed by atoms with Crippen LogP contribution >= 0.6 is 22.9 Å². The second-order valence-electron chi connectivity index (χ2n) is 6.88. The lowest BCUT2D eigenvalue weighted by Gasteiger charge is -2.18. The van der Waals surface area contributed by atoms with Crippen molar-refractivity contribution in [3.8, 4) is 0 Å². The van der Waals surface area contributed by atoms with Gasteiger partial charge in [-0.3, -0.25) is 4.98 Å². The number of nitrogens with zero attached hydrogens (tertiary/aromatic N) is 3. The first-order valence-electron chi connectivity index (χ1n) is 8.77. The van der Waals surface area contributed by atoms with Gasteiger partial charge in [-0.05, 0) is 54.5 Å². The highest BCUT2D eigenvalue weighted by molar-refractivity contribution is 7.19. The van der Waals surface area contributed by atoms with Crippen molar-refractivity contribution in [3.63, 3.8) is 0 Å². The third-order valence-corrected chi connectivity index (χ3v) is 6.33. The Balaban J connectivity index is 1.69. The van der Waals surface area contributed by atoms with Gasteiger partial charge in [-0.25, -0.2) is 4.98 Å². The average molecular weight is 381 g/mol. The topological polar surface area (TPSA) is 50.7 Å². The summed E-state index contributed by atoms with van der Waals surface area (Å²) in [5.41, 5.74) is 3.24. The lowest BCUT2D eigenvalue weighted by molar-refractivity contribution is 0.509. The molecule has 4 aromatic rings. The van der Waals surface area contributed by atoms with Gasteiger partial charge in [0.2, 0.25) is 5.28 Å². The van der Waals surface area contributed by atoms with Crippen LogP contribution in [-0.2, 0) is 12.8 Å². The Morgan fingerprint density at radius 3 is 3.00 bits per heavy atom. The lowest BCUT2D eigenvalue weighted by Crippen LogP contribution is -2.09. The number of benzene rings is 1. The summed E-state index contributed by atoms with van der Waals surface area (Å²) in [5.74, 6) is 1.50. The van der Waals surface area contributed by atoms with Crippen LogP contribution in [-0.4, -0.2) is 15.0 Å². The molecule has 3 aromatic heterocycles. The predicted octanol–water partition coefficient (Wildman–Crippen LogP) is 5.76. The van der Waals surface area contributed by atoms with E-state index in [1.807, 2.05) is 24.4 Å². The number of hydrogen-bond donors (Lipinski definition) is 1. The molecular formula is C20H17ClN4S. The normalized spacial score (nSPS) is 16.8. The fourth-order valence-electron chi connectivity index (χ4n) is 3.74. The first-order chi connectivity index (χ1) is 12.7. The maximum absolute atomic E-state index is 6.23. The Labute approximate surface area is 160 Å². The molecule has 0 saturated carbocycles. The van der Waals surface area contributed by atoms with Gasteiger partial charge in [0.15, 0.2) is 0 Å². The zero-order valence-corrected chi connectivity index (χ0v) is 15.9. The second-order valence-corrected chi connectivity index (χ2v) is 8.30. The van der Waals surface area contributed by atoms with Crippen LogP contribution in [0, 0.1) is 5.92 Å². The van der Waals surface area contributed by atoms with Crippen LogP contribution in [0.4, 0.5) is 11.5 Å². The summed E-state index contributed by atoms with van der Waals surface area (Å²) < 4.78 is 0. The molecule has 0 spiro atoms. The number of para-hydroxylation sites is 1. The van der Waals surface area contributed by atoms with Crippen LogP contribution < -0.4 is 5.32 Å². The molecule has 0 aliphatic heterocycles. The summed E-state index contributed by atoms with van der Waals surface area (Å²) in [7, 11) is 0. The van der Waals surface area contributed by atoms with Crippen LogP contribution in [0.3, 0.4) is 0 Å². The maximum Gasteiger partial charge on any atom is 0.225 e. The van der Waals surface area contributed by atoms with Gasteiger partial charge < -0.3 is 5.32 Å². The molecule has 0 saturated heterocycles. The molecule has 4 nitrogen and oxygen atoms in total. The number of aromatic nitrogens is 3. The average Bonchev–Trinajstić information content (AvgIpc) is 2.99. The number of aryl methyl sites for hydroxylation is 1. The van der Waals surface area contributed by atoms with Crippen LogP contribution in [0.25, 0.3) is 21.1 Å². The predicted molar refractivity (Wildman–Crippen MR) is 109 cm³/mol. The van der Waals surface area contributed by atoms with Crippen LogP contribution in [0.2, 0.25) is 5.28 Å². The molecule has 1 unspecified atom stereocenters. The van der Waals surface area contributed by atoms with Gasteiger partial charge in [-0.15, -0.1) is 11.3 Å². The Kier molecular flexibility index (Phi) is 3.80. The van der Waals surface area contributed by atoms with Crippen molar-refractivity contribution in [2.75, 3.05) is 5.32 Å². The Morgan fingerprint density at radius 1 is 1.19 bits per heavy atom. The van der Waals surface area contributed by atoms with Crippen LogP contribution in [0.1, 0.15) is 23.8 Å². The molecule has 1 aliphatic rings. The minimum absolute atomic E-state index is 0.278. The van der Waals surface area contributed by atoms with Gasteiger partial charge >= 0.3 is 0 Å². The monoisotopic (exact) mass is 380 g/mol. The van der Waals surface area contributed by atoms with E-state index in [0.717, 1.165) is 51.4 Å². The van der Waals surface area contributed by atoms with E-state index in [-0.39, 0.29) is 5.28 Å². The standard InChI is InChI=1S/C20H17ClN4S/c1-11-7-8-13-15(10-11)26-19-16(13)18(24-20(21)25-19)23-14-6-2-4-12-5-3-9-22-17(12)14/h2-6,9,11H,7-8,10H2,1H3,(H,23,24,25). The Bertz CT molecular complexity index is 1130. The van der Waals surface area contributed by atoms with Crippen LogP contribution in [0.15, 0.2) is 36.5 Å². The summed E-state index contributed by atoms with van der Waals surface area (Å²) in [5, 5.41) is 5.98. The van der Waals surface area contributed by atoms with Crippen molar-refractivity contribution in [1.29, 1.82) is 0 Å². The second kappa shape index (κ2) is 6.18. The van der Waals surface area contributed by atoms with E-state index in [0.29, 0.717) is 0 Å². The highest BCUT2D eigenvalue weighted by atomic mass is 35.5. The zero-order valence-electron chi connectivity index (χ0n) is 14.3. The zero-order chi connectivity index (χ0) is 17.7. The Morgan fingerprint density at radius 2 is 2.08 bits per heavy atom. The Hall–Kier alpha value is -2.24. The molecule has 0 fully saturated rings. The minimum Gasteiger partial charge on any atom is -0.338 e. The van der Waals surface area contributed by atoms with Gasteiger partial charge in [-0.2, -0.15) is 4.98 Å². The third-order valence-electron chi connectivity index (χ3n) is 5.01. The number of nitrogens with one attached hydrogen (secondary N) is 1. The first-order valence-corrected chi connectivity index (χ1v) is 9.97. The maximum atomic E-state index is 6.23. The molecule has 1 N–H and O–H groups in total. The number of hydrogen-bond acceptors (Lipinski definition) is 5. The molecule has 0 radical (unpaired) electrons. The summed E-state index contributed by atoms with van der Waals surface area (Å²) in [6.07, 6.45) is 5.20. The number of anilines is 2. The van der Waals surface area contributed by atoms with Crippen molar-refractivity contribution >= 4 is 55.6 Å². The quantitative estimate of drug-likeness (QED) is 0.449. The van der Waals surface area contributed by atoms with Crippen molar-refractivity contribution in [3.05, 3.63) is 52.3 Å². The fraction of sp³-hybridized carbons (Fsp3) is 0.250. The summed E-state index contributed by atoms with van der Waals surface area (Å²) >= 11 is 7.98. The minimum atomic E-state index is 0.278. The van der Waals surface area contributed by atoms with Crippen molar-refractivity contribution in [2.24, 2.45) is 5.92 Å².